The normalized spacial score (nSPS) is 31.1. The molecule has 3 nitrogen and oxygen atoms in total. The largest absolute Gasteiger partial charge is 0.339 e. The monoisotopic (exact) mass is 317 g/mol. The zero-order chi connectivity index (χ0) is 12.0. The highest BCUT2D eigenvalue weighted by Crippen LogP contribution is 2.41. The molecule has 2 heterocycles. The number of benzene rings is 1. The molecule has 90 valence electrons. The molecule has 3 atom stereocenters. The van der Waals surface area contributed by atoms with Crippen LogP contribution in [0.25, 0.3) is 0 Å². The Hall–Kier alpha value is -0.810. The van der Waals surface area contributed by atoms with E-state index < -0.39 is 6.17 Å². The molecule has 1 aromatic rings. The molecule has 0 amide bonds. The lowest BCUT2D eigenvalue weighted by Crippen LogP contribution is -2.38. The molecule has 1 fully saturated rings. The standard InChI is InChI=1S/C11H10BrClFN3/c12-11-15-10-8(14)5-9(17(10)16-11)6-3-1-2-4-7(6)13/h1-4,8-10H,5H2,(H,15,16). The lowest BCUT2D eigenvalue weighted by Gasteiger charge is -2.22. The Morgan fingerprint density at radius 1 is 1.47 bits per heavy atom. The van der Waals surface area contributed by atoms with Crippen molar-refractivity contribution in [3.8, 4) is 0 Å². The predicted molar refractivity (Wildman–Crippen MR) is 68.8 cm³/mol. The third-order valence-corrected chi connectivity index (χ3v) is 3.86. The average Bonchev–Trinajstić information content (AvgIpc) is 2.80. The van der Waals surface area contributed by atoms with Gasteiger partial charge in [0.05, 0.1) is 6.04 Å². The van der Waals surface area contributed by atoms with Gasteiger partial charge in [-0.3, -0.25) is 5.01 Å². The van der Waals surface area contributed by atoms with Crippen LogP contribution in [0.1, 0.15) is 18.0 Å². The summed E-state index contributed by atoms with van der Waals surface area (Å²) in [5.41, 5.74) is 0.923. The Balaban J connectivity index is 1.97. The first-order valence-corrected chi connectivity index (χ1v) is 6.51. The van der Waals surface area contributed by atoms with Gasteiger partial charge in [0.25, 0.3) is 0 Å². The number of hydrogen-bond acceptors (Lipinski definition) is 3. The molecule has 2 aliphatic rings. The van der Waals surface area contributed by atoms with E-state index in [1.807, 2.05) is 24.3 Å². The van der Waals surface area contributed by atoms with Crippen molar-refractivity contribution >= 4 is 32.3 Å². The number of rotatable bonds is 1. The van der Waals surface area contributed by atoms with Crippen LogP contribution in [0.5, 0.6) is 0 Å². The summed E-state index contributed by atoms with van der Waals surface area (Å²) in [4.78, 5) is 0. The average molecular weight is 319 g/mol. The second-order valence-corrected chi connectivity index (χ2v) is 5.31. The van der Waals surface area contributed by atoms with Gasteiger partial charge in [-0.15, -0.1) is 5.10 Å². The van der Waals surface area contributed by atoms with Crippen molar-refractivity contribution in [2.45, 2.75) is 24.8 Å². The number of hydrazone groups is 1. The summed E-state index contributed by atoms with van der Waals surface area (Å²) in [5.74, 6) is 0. The van der Waals surface area contributed by atoms with E-state index in [1.54, 1.807) is 5.01 Å². The summed E-state index contributed by atoms with van der Waals surface area (Å²) >= 11 is 9.39. The summed E-state index contributed by atoms with van der Waals surface area (Å²) in [6.07, 6.45) is -0.925. The van der Waals surface area contributed by atoms with Gasteiger partial charge in [-0.2, -0.15) is 0 Å². The first-order valence-electron chi connectivity index (χ1n) is 5.34. The van der Waals surface area contributed by atoms with E-state index in [1.165, 1.54) is 0 Å². The van der Waals surface area contributed by atoms with Gasteiger partial charge in [0.2, 0.25) is 0 Å². The zero-order valence-corrected chi connectivity index (χ0v) is 11.1. The minimum atomic E-state index is -0.949. The SMILES string of the molecule is FC1CC(c2ccccc2Cl)N2N=C(Br)NC12. The van der Waals surface area contributed by atoms with Gasteiger partial charge < -0.3 is 5.32 Å². The van der Waals surface area contributed by atoms with Crippen LogP contribution in [0, 0.1) is 0 Å². The lowest BCUT2D eigenvalue weighted by atomic mass is 10.0. The Morgan fingerprint density at radius 2 is 2.24 bits per heavy atom. The van der Waals surface area contributed by atoms with Crippen molar-refractivity contribution in [3.05, 3.63) is 34.9 Å². The predicted octanol–water partition coefficient (Wildman–Crippen LogP) is 3.02. The Morgan fingerprint density at radius 3 is 3.00 bits per heavy atom. The molecule has 1 N–H and O–H groups in total. The maximum Gasteiger partial charge on any atom is 0.191 e. The first-order chi connectivity index (χ1) is 8.16. The molecule has 0 spiro atoms. The van der Waals surface area contributed by atoms with Gasteiger partial charge in [0, 0.05) is 11.4 Å². The zero-order valence-electron chi connectivity index (χ0n) is 8.78. The van der Waals surface area contributed by atoms with Crippen LogP contribution in [0.15, 0.2) is 29.4 Å². The number of hydrogen-bond donors (Lipinski definition) is 1. The summed E-state index contributed by atoms with van der Waals surface area (Å²) < 4.78 is 14.4. The maximum atomic E-state index is 13.9. The summed E-state index contributed by atoms with van der Waals surface area (Å²) in [5, 5.41) is 9.62. The third kappa shape index (κ3) is 1.81. The van der Waals surface area contributed by atoms with Crippen molar-refractivity contribution in [2.75, 3.05) is 0 Å². The van der Waals surface area contributed by atoms with E-state index in [0.29, 0.717) is 16.2 Å². The molecular weight excluding hydrogens is 308 g/mol. The topological polar surface area (TPSA) is 27.6 Å². The van der Waals surface area contributed by atoms with Crippen molar-refractivity contribution < 1.29 is 4.39 Å². The number of halogens is 3. The summed E-state index contributed by atoms with van der Waals surface area (Å²) in [6.45, 7) is 0. The molecule has 1 saturated heterocycles. The van der Waals surface area contributed by atoms with Crippen molar-refractivity contribution in [1.29, 1.82) is 0 Å². The second kappa shape index (κ2) is 4.14. The molecule has 0 bridgehead atoms. The van der Waals surface area contributed by atoms with E-state index in [0.717, 1.165) is 5.56 Å². The number of amidine groups is 1. The van der Waals surface area contributed by atoms with Gasteiger partial charge in [-0.1, -0.05) is 29.8 Å². The maximum absolute atomic E-state index is 13.9. The number of fused-ring (bicyclic) bond motifs is 1. The van der Waals surface area contributed by atoms with Crippen molar-refractivity contribution in [2.24, 2.45) is 5.10 Å². The summed E-state index contributed by atoms with van der Waals surface area (Å²) in [7, 11) is 0. The van der Waals surface area contributed by atoms with Crippen LogP contribution in [0.2, 0.25) is 5.02 Å². The van der Waals surface area contributed by atoms with Crippen LogP contribution in [0.4, 0.5) is 4.39 Å². The van der Waals surface area contributed by atoms with Crippen LogP contribution in [-0.2, 0) is 0 Å². The molecule has 1 aromatic carbocycles. The fourth-order valence-electron chi connectivity index (χ4n) is 2.37. The van der Waals surface area contributed by atoms with Gasteiger partial charge in [-0.25, -0.2) is 4.39 Å². The van der Waals surface area contributed by atoms with E-state index in [-0.39, 0.29) is 12.2 Å². The summed E-state index contributed by atoms with van der Waals surface area (Å²) in [6, 6.07) is 7.41. The number of nitrogens with zero attached hydrogens (tertiary/aromatic N) is 2. The van der Waals surface area contributed by atoms with Gasteiger partial charge in [-0.05, 0) is 27.6 Å². The fourth-order valence-corrected chi connectivity index (χ4v) is 3.04. The quantitative estimate of drug-likeness (QED) is 0.806. The number of alkyl halides is 1. The van der Waals surface area contributed by atoms with Crippen molar-refractivity contribution in [1.82, 2.24) is 10.3 Å². The molecular formula is C11H10BrClFN3. The van der Waals surface area contributed by atoms with Crippen LogP contribution >= 0.6 is 27.5 Å². The van der Waals surface area contributed by atoms with Gasteiger partial charge in [0.1, 0.15) is 12.3 Å². The molecule has 17 heavy (non-hydrogen) atoms. The van der Waals surface area contributed by atoms with E-state index in [4.69, 9.17) is 11.6 Å². The second-order valence-electron chi connectivity index (χ2n) is 4.15. The molecule has 0 saturated carbocycles. The molecule has 2 aliphatic heterocycles. The smallest absolute Gasteiger partial charge is 0.191 e. The van der Waals surface area contributed by atoms with E-state index in [9.17, 15) is 4.39 Å². The van der Waals surface area contributed by atoms with Gasteiger partial charge in [0.15, 0.2) is 4.74 Å². The van der Waals surface area contributed by atoms with Crippen LogP contribution < -0.4 is 5.32 Å². The molecule has 0 aliphatic carbocycles. The molecule has 3 rings (SSSR count). The van der Waals surface area contributed by atoms with E-state index in [2.05, 4.69) is 26.3 Å². The fraction of sp³-hybridized carbons (Fsp3) is 0.364. The number of nitrogens with one attached hydrogen (secondary N) is 1. The Bertz CT molecular complexity index is 482. The lowest BCUT2D eigenvalue weighted by molar-refractivity contribution is 0.180. The van der Waals surface area contributed by atoms with Crippen molar-refractivity contribution in [3.63, 3.8) is 0 Å². The highest BCUT2D eigenvalue weighted by atomic mass is 79.9. The van der Waals surface area contributed by atoms with Crippen LogP contribution in [-0.4, -0.2) is 22.1 Å². The molecule has 0 radical (unpaired) electrons. The minimum Gasteiger partial charge on any atom is -0.339 e. The van der Waals surface area contributed by atoms with Gasteiger partial charge >= 0.3 is 0 Å². The van der Waals surface area contributed by atoms with E-state index >= 15 is 0 Å². The third-order valence-electron chi connectivity index (χ3n) is 3.13. The minimum absolute atomic E-state index is 0.105. The Labute approximate surface area is 112 Å². The Kier molecular flexibility index (Phi) is 2.75. The molecule has 0 aromatic heterocycles. The highest BCUT2D eigenvalue weighted by Gasteiger charge is 2.45. The van der Waals surface area contributed by atoms with Crippen LogP contribution in [0.3, 0.4) is 0 Å². The molecule has 6 heteroatoms. The first kappa shape index (κ1) is 11.3. The highest BCUT2D eigenvalue weighted by molar-refractivity contribution is 9.18. The molecule has 3 unspecified atom stereocenters.